The van der Waals surface area contributed by atoms with Gasteiger partial charge in [0.1, 0.15) is 0 Å². The van der Waals surface area contributed by atoms with E-state index in [9.17, 15) is 0 Å². The molecule has 1 aromatic rings. The number of benzene rings is 1. The number of nitrogens with zero attached hydrogens (tertiary/aromatic N) is 2. The lowest BCUT2D eigenvalue weighted by Gasteiger charge is -2.36. The smallest absolute Gasteiger partial charge is 0.0234 e. The van der Waals surface area contributed by atoms with E-state index in [0.717, 1.165) is 36.3 Å². The summed E-state index contributed by atoms with van der Waals surface area (Å²) < 4.78 is 0. The van der Waals surface area contributed by atoms with E-state index in [1.165, 1.54) is 57.7 Å². The van der Waals surface area contributed by atoms with Crippen molar-refractivity contribution in [2.24, 2.45) is 23.7 Å². The van der Waals surface area contributed by atoms with E-state index in [1.54, 1.807) is 0 Å². The molecule has 1 N–H and O–H groups in total. The molecule has 1 aromatic carbocycles. The molecule has 0 amide bonds. The van der Waals surface area contributed by atoms with Crippen LogP contribution in [0.25, 0.3) is 0 Å². The van der Waals surface area contributed by atoms with E-state index in [2.05, 4.69) is 45.4 Å². The SMILES string of the molecule is Cl.Cl.c1ccc(CN2C[C@@H]3CC[C@H](C2)N(CC2[C@H]4CNC[C@@H]24)C3)cc1. The minimum Gasteiger partial charge on any atom is -0.316 e. The highest BCUT2D eigenvalue weighted by Crippen LogP contribution is 2.49. The second-order valence-corrected chi connectivity index (χ2v) is 8.38. The first kappa shape index (κ1) is 19.4. The van der Waals surface area contributed by atoms with Crippen molar-refractivity contribution in [1.29, 1.82) is 0 Å². The van der Waals surface area contributed by atoms with Crippen LogP contribution in [-0.2, 0) is 6.54 Å². The Kier molecular flexibility index (Phi) is 6.33. The van der Waals surface area contributed by atoms with Crippen LogP contribution in [0.2, 0.25) is 0 Å². The maximum Gasteiger partial charge on any atom is 0.0234 e. The lowest BCUT2D eigenvalue weighted by atomic mass is 9.94. The number of fused-ring (bicyclic) bond motifs is 5. The third-order valence-electron chi connectivity index (χ3n) is 6.87. The van der Waals surface area contributed by atoms with Gasteiger partial charge in [-0.1, -0.05) is 30.3 Å². The van der Waals surface area contributed by atoms with Crippen LogP contribution < -0.4 is 5.32 Å². The van der Waals surface area contributed by atoms with Crippen LogP contribution in [0.3, 0.4) is 0 Å². The molecule has 5 atom stereocenters. The summed E-state index contributed by atoms with van der Waals surface area (Å²) in [6, 6.07) is 11.8. The molecule has 5 aliphatic rings. The Labute approximate surface area is 164 Å². The molecule has 1 aliphatic carbocycles. The summed E-state index contributed by atoms with van der Waals surface area (Å²) in [5.41, 5.74) is 1.48. The highest BCUT2D eigenvalue weighted by Gasteiger charge is 2.53. The highest BCUT2D eigenvalue weighted by atomic mass is 35.5. The van der Waals surface area contributed by atoms with E-state index in [-0.39, 0.29) is 24.8 Å². The fourth-order valence-corrected chi connectivity index (χ4v) is 5.56. The predicted octanol–water partition coefficient (Wildman–Crippen LogP) is 2.89. The average molecular weight is 384 g/mol. The van der Waals surface area contributed by atoms with Gasteiger partial charge in [0.2, 0.25) is 0 Å². The molecule has 0 radical (unpaired) electrons. The number of rotatable bonds is 4. The van der Waals surface area contributed by atoms with Crippen molar-refractivity contribution in [2.75, 3.05) is 39.3 Å². The summed E-state index contributed by atoms with van der Waals surface area (Å²) in [4.78, 5) is 5.61. The minimum atomic E-state index is 0. The van der Waals surface area contributed by atoms with Gasteiger partial charge < -0.3 is 5.32 Å². The van der Waals surface area contributed by atoms with E-state index in [0.29, 0.717) is 0 Å². The molecule has 6 rings (SSSR count). The van der Waals surface area contributed by atoms with Crippen LogP contribution >= 0.6 is 24.8 Å². The van der Waals surface area contributed by atoms with Gasteiger partial charge >= 0.3 is 0 Å². The summed E-state index contributed by atoms with van der Waals surface area (Å²) >= 11 is 0. The largest absolute Gasteiger partial charge is 0.316 e. The van der Waals surface area contributed by atoms with Crippen molar-refractivity contribution in [1.82, 2.24) is 15.1 Å². The molecule has 4 saturated heterocycles. The molecule has 1 saturated carbocycles. The van der Waals surface area contributed by atoms with Crippen LogP contribution in [-0.4, -0.2) is 55.1 Å². The van der Waals surface area contributed by atoms with Gasteiger partial charge in [-0.15, -0.1) is 24.8 Å². The lowest BCUT2D eigenvalue weighted by Crippen LogP contribution is -2.45. The molecular weight excluding hydrogens is 353 g/mol. The maximum atomic E-state index is 3.54. The Morgan fingerprint density at radius 2 is 1.68 bits per heavy atom. The molecule has 25 heavy (non-hydrogen) atoms. The number of halogens is 2. The molecule has 0 aromatic heterocycles. The molecule has 2 bridgehead atoms. The zero-order chi connectivity index (χ0) is 15.2. The van der Waals surface area contributed by atoms with Gasteiger partial charge in [-0.3, -0.25) is 9.80 Å². The fourth-order valence-electron chi connectivity index (χ4n) is 5.56. The van der Waals surface area contributed by atoms with E-state index < -0.39 is 0 Å². The van der Waals surface area contributed by atoms with Crippen LogP contribution in [0, 0.1) is 23.7 Å². The summed E-state index contributed by atoms with van der Waals surface area (Å²) in [6.07, 6.45) is 2.88. The van der Waals surface area contributed by atoms with E-state index in [1.807, 2.05) is 0 Å². The number of nitrogens with one attached hydrogen (secondary N) is 1. The molecule has 4 heterocycles. The average Bonchev–Trinajstić information content (AvgIpc) is 3.10. The Morgan fingerprint density at radius 1 is 0.920 bits per heavy atom. The monoisotopic (exact) mass is 383 g/mol. The Hall–Kier alpha value is -0.320. The third-order valence-corrected chi connectivity index (χ3v) is 6.87. The number of hydrogen-bond acceptors (Lipinski definition) is 3. The van der Waals surface area contributed by atoms with Crippen molar-refractivity contribution >= 4 is 24.8 Å². The molecule has 5 fully saturated rings. The standard InChI is InChI=1S/C20H29N3.2ClH/c1-2-4-15(5-3-1)10-22-11-16-6-7-17(13-22)23(12-16)14-20-18-8-21-9-19(18)20;;/h1-5,16-21H,6-14H2;2*1H/t16-,17+,18-,19+,20?;;/m0../s1. The summed E-state index contributed by atoms with van der Waals surface area (Å²) in [5.74, 6) is 3.93. The maximum absolute atomic E-state index is 3.54. The van der Waals surface area contributed by atoms with Crippen molar-refractivity contribution < 1.29 is 0 Å². The fraction of sp³-hybridized carbons (Fsp3) is 0.700. The van der Waals surface area contributed by atoms with Gasteiger partial charge in [-0.05, 0) is 55.2 Å². The zero-order valence-electron chi connectivity index (χ0n) is 14.8. The van der Waals surface area contributed by atoms with Crippen LogP contribution in [0.4, 0.5) is 0 Å². The van der Waals surface area contributed by atoms with Gasteiger partial charge in [0.25, 0.3) is 0 Å². The van der Waals surface area contributed by atoms with E-state index in [4.69, 9.17) is 0 Å². The van der Waals surface area contributed by atoms with Crippen molar-refractivity contribution in [2.45, 2.75) is 25.4 Å². The van der Waals surface area contributed by atoms with Crippen LogP contribution in [0.1, 0.15) is 18.4 Å². The quantitative estimate of drug-likeness (QED) is 0.861. The summed E-state index contributed by atoms with van der Waals surface area (Å²) in [7, 11) is 0. The van der Waals surface area contributed by atoms with Gasteiger partial charge in [0, 0.05) is 38.8 Å². The predicted molar refractivity (Wildman–Crippen MR) is 108 cm³/mol. The van der Waals surface area contributed by atoms with Gasteiger partial charge in [0.05, 0.1) is 0 Å². The zero-order valence-corrected chi connectivity index (χ0v) is 16.5. The van der Waals surface area contributed by atoms with Gasteiger partial charge in [-0.25, -0.2) is 0 Å². The first-order chi connectivity index (χ1) is 11.4. The lowest BCUT2D eigenvalue weighted by molar-refractivity contribution is 0.120. The molecule has 4 aliphatic heterocycles. The topological polar surface area (TPSA) is 18.5 Å². The summed E-state index contributed by atoms with van der Waals surface area (Å²) in [6.45, 7) is 9.05. The normalized spacial score (nSPS) is 36.9. The second-order valence-electron chi connectivity index (χ2n) is 8.38. The third kappa shape index (κ3) is 4.01. The van der Waals surface area contributed by atoms with Crippen LogP contribution in [0.15, 0.2) is 30.3 Å². The Bertz CT molecular complexity index is 545. The minimum absolute atomic E-state index is 0. The second kappa shape index (κ2) is 8.14. The highest BCUT2D eigenvalue weighted by molar-refractivity contribution is 5.85. The molecular formula is C20H31Cl2N3. The molecule has 3 nitrogen and oxygen atoms in total. The van der Waals surface area contributed by atoms with E-state index >= 15 is 0 Å². The van der Waals surface area contributed by atoms with Gasteiger partial charge in [-0.2, -0.15) is 0 Å². The first-order valence-electron chi connectivity index (χ1n) is 9.58. The number of hydrogen-bond donors (Lipinski definition) is 1. The van der Waals surface area contributed by atoms with Crippen molar-refractivity contribution in [3.63, 3.8) is 0 Å². The molecule has 5 heteroatoms. The Balaban J connectivity index is 0.000000911. The first-order valence-corrected chi connectivity index (χ1v) is 9.58. The molecule has 0 spiro atoms. The van der Waals surface area contributed by atoms with Crippen molar-refractivity contribution in [3.8, 4) is 0 Å². The Morgan fingerprint density at radius 3 is 2.44 bits per heavy atom. The molecule has 140 valence electrons. The van der Waals surface area contributed by atoms with Crippen molar-refractivity contribution in [3.05, 3.63) is 35.9 Å². The molecule has 1 unspecified atom stereocenters. The number of piperidine rings is 2. The van der Waals surface area contributed by atoms with Crippen LogP contribution in [0.5, 0.6) is 0 Å². The summed E-state index contributed by atoms with van der Waals surface area (Å²) in [5, 5.41) is 3.54. The van der Waals surface area contributed by atoms with Gasteiger partial charge in [0.15, 0.2) is 0 Å².